The Labute approximate surface area is 152 Å². The molecule has 2 aromatic heterocycles. The van der Waals surface area contributed by atoms with Crippen LogP contribution in [0, 0.1) is 5.92 Å². The Morgan fingerprint density at radius 2 is 2.04 bits per heavy atom. The van der Waals surface area contributed by atoms with Crippen molar-refractivity contribution in [2.75, 3.05) is 13.2 Å². The normalized spacial score (nSPS) is 22.6. The van der Waals surface area contributed by atoms with E-state index in [9.17, 15) is 4.79 Å². The lowest BCUT2D eigenvalue weighted by Crippen LogP contribution is -2.43. The lowest BCUT2D eigenvalue weighted by Gasteiger charge is -2.32. The summed E-state index contributed by atoms with van der Waals surface area (Å²) in [5, 5.41) is 3.04. The summed E-state index contributed by atoms with van der Waals surface area (Å²) in [6.07, 6.45) is 10.5. The minimum atomic E-state index is -0.249. The average Bonchev–Trinajstić information content (AvgIpc) is 3.52. The van der Waals surface area contributed by atoms with E-state index in [1.807, 2.05) is 12.1 Å². The molecule has 26 heavy (non-hydrogen) atoms. The number of hydrogen-bond acceptors (Lipinski definition) is 6. The van der Waals surface area contributed by atoms with Crippen LogP contribution in [0.1, 0.15) is 47.8 Å². The van der Waals surface area contributed by atoms with Crippen LogP contribution < -0.4 is 10.1 Å². The Balaban J connectivity index is 1.39. The second kappa shape index (κ2) is 7.78. The molecular weight excluding hydrogens is 332 g/mol. The van der Waals surface area contributed by atoms with Crippen molar-refractivity contribution in [1.82, 2.24) is 20.3 Å². The van der Waals surface area contributed by atoms with Gasteiger partial charge in [0.05, 0.1) is 25.0 Å². The molecule has 2 atom stereocenters. The van der Waals surface area contributed by atoms with E-state index < -0.39 is 0 Å². The van der Waals surface area contributed by atoms with Crippen molar-refractivity contribution in [3.05, 3.63) is 48.2 Å². The zero-order valence-corrected chi connectivity index (χ0v) is 14.5. The minimum absolute atomic E-state index is 0.105. The van der Waals surface area contributed by atoms with E-state index in [-0.39, 0.29) is 23.7 Å². The minimum Gasteiger partial charge on any atom is -0.476 e. The van der Waals surface area contributed by atoms with Crippen LogP contribution in [-0.4, -0.2) is 40.1 Å². The van der Waals surface area contributed by atoms with Crippen molar-refractivity contribution in [3.63, 3.8) is 0 Å². The second-order valence-corrected chi connectivity index (χ2v) is 6.79. The average molecular weight is 354 g/mol. The molecular formula is C19H22N4O3. The molecule has 136 valence electrons. The highest BCUT2D eigenvalue weighted by Crippen LogP contribution is 2.29. The molecule has 0 spiro atoms. The molecule has 2 fully saturated rings. The molecule has 1 aliphatic carbocycles. The van der Waals surface area contributed by atoms with Crippen LogP contribution in [0.15, 0.2) is 36.9 Å². The zero-order chi connectivity index (χ0) is 17.8. The summed E-state index contributed by atoms with van der Waals surface area (Å²) in [6, 6.07) is 3.73. The van der Waals surface area contributed by atoms with Crippen LogP contribution in [0.2, 0.25) is 0 Å². The largest absolute Gasteiger partial charge is 0.476 e. The number of hydrogen-bond donors (Lipinski definition) is 1. The van der Waals surface area contributed by atoms with Gasteiger partial charge in [-0.3, -0.25) is 9.78 Å². The number of ether oxygens (including phenoxy) is 2. The van der Waals surface area contributed by atoms with E-state index in [4.69, 9.17) is 9.47 Å². The van der Waals surface area contributed by atoms with Crippen LogP contribution in [0.5, 0.6) is 5.88 Å². The number of rotatable bonds is 6. The standard InChI is InChI=1S/C19H22N4O3/c24-19(16-10-22-17(11-21-16)26-12-13-3-4-13)23-15-2-1-9-25-18(15)14-5-7-20-8-6-14/h5-8,10-11,13,15,18H,1-4,9,12H2,(H,23,24)/t15-,18+/m0/s1. The summed E-state index contributed by atoms with van der Waals surface area (Å²) >= 11 is 0. The third-order valence-corrected chi connectivity index (χ3v) is 4.70. The number of carbonyl (C=O) groups is 1. The Morgan fingerprint density at radius 1 is 1.19 bits per heavy atom. The highest BCUT2D eigenvalue weighted by atomic mass is 16.5. The number of aromatic nitrogens is 3. The summed E-state index contributed by atoms with van der Waals surface area (Å²) in [5.41, 5.74) is 1.29. The molecule has 0 radical (unpaired) electrons. The van der Waals surface area contributed by atoms with Crippen molar-refractivity contribution in [1.29, 1.82) is 0 Å². The van der Waals surface area contributed by atoms with Gasteiger partial charge in [-0.25, -0.2) is 9.97 Å². The third-order valence-electron chi connectivity index (χ3n) is 4.70. The van der Waals surface area contributed by atoms with Gasteiger partial charge in [-0.2, -0.15) is 0 Å². The van der Waals surface area contributed by atoms with Gasteiger partial charge >= 0.3 is 0 Å². The van der Waals surface area contributed by atoms with Crippen molar-refractivity contribution in [2.45, 2.75) is 37.8 Å². The van der Waals surface area contributed by atoms with Crippen molar-refractivity contribution in [3.8, 4) is 5.88 Å². The van der Waals surface area contributed by atoms with Gasteiger partial charge in [-0.15, -0.1) is 0 Å². The maximum Gasteiger partial charge on any atom is 0.271 e. The number of nitrogens with zero attached hydrogens (tertiary/aromatic N) is 3. The lowest BCUT2D eigenvalue weighted by molar-refractivity contribution is -0.00956. The van der Waals surface area contributed by atoms with Crippen LogP contribution in [-0.2, 0) is 4.74 Å². The monoisotopic (exact) mass is 354 g/mol. The van der Waals surface area contributed by atoms with Gasteiger partial charge in [0.1, 0.15) is 11.8 Å². The molecule has 0 aromatic carbocycles. The van der Waals surface area contributed by atoms with Gasteiger partial charge in [-0.1, -0.05) is 0 Å². The maximum absolute atomic E-state index is 12.6. The lowest BCUT2D eigenvalue weighted by atomic mass is 9.96. The predicted octanol–water partition coefficient (Wildman–Crippen LogP) is 2.31. The SMILES string of the molecule is O=C(N[C@H]1CCCO[C@@H]1c1ccncc1)c1cnc(OCC2CC2)cn1. The van der Waals surface area contributed by atoms with Crippen LogP contribution >= 0.6 is 0 Å². The number of carbonyl (C=O) groups excluding carboxylic acids is 1. The summed E-state index contributed by atoms with van der Waals surface area (Å²) in [5.74, 6) is 0.862. The first-order valence-corrected chi connectivity index (χ1v) is 9.07. The fourth-order valence-electron chi connectivity index (χ4n) is 3.05. The van der Waals surface area contributed by atoms with Crippen LogP contribution in [0.25, 0.3) is 0 Å². The molecule has 2 aliphatic rings. The molecule has 0 unspecified atom stereocenters. The summed E-state index contributed by atoms with van der Waals surface area (Å²) in [6.45, 7) is 1.36. The Morgan fingerprint density at radius 3 is 2.77 bits per heavy atom. The maximum atomic E-state index is 12.6. The summed E-state index contributed by atoms with van der Waals surface area (Å²) in [4.78, 5) is 25.0. The molecule has 7 nitrogen and oxygen atoms in total. The first kappa shape index (κ1) is 16.9. The van der Waals surface area contributed by atoms with Crippen LogP contribution in [0.4, 0.5) is 0 Å². The molecule has 1 saturated heterocycles. The Bertz CT molecular complexity index is 734. The number of nitrogens with one attached hydrogen (secondary N) is 1. The zero-order valence-electron chi connectivity index (χ0n) is 14.5. The quantitative estimate of drug-likeness (QED) is 0.857. The van der Waals surface area contributed by atoms with Gasteiger partial charge in [0.15, 0.2) is 0 Å². The summed E-state index contributed by atoms with van der Waals surface area (Å²) in [7, 11) is 0. The third kappa shape index (κ3) is 4.16. The van der Waals surface area contributed by atoms with Gasteiger partial charge < -0.3 is 14.8 Å². The molecule has 7 heteroatoms. The Hall–Kier alpha value is -2.54. The summed E-state index contributed by atoms with van der Waals surface area (Å²) < 4.78 is 11.5. The molecule has 0 bridgehead atoms. The second-order valence-electron chi connectivity index (χ2n) is 6.79. The van der Waals surface area contributed by atoms with Crippen molar-refractivity contribution < 1.29 is 14.3 Å². The molecule has 1 saturated carbocycles. The van der Waals surface area contributed by atoms with Gasteiger partial charge in [-0.05, 0) is 49.3 Å². The Kier molecular flexibility index (Phi) is 5.06. The van der Waals surface area contributed by atoms with Crippen molar-refractivity contribution >= 4 is 5.91 Å². The van der Waals surface area contributed by atoms with Crippen LogP contribution in [0.3, 0.4) is 0 Å². The first-order valence-electron chi connectivity index (χ1n) is 9.07. The van der Waals surface area contributed by atoms with E-state index in [0.717, 1.165) is 18.4 Å². The van der Waals surface area contributed by atoms with E-state index in [0.29, 0.717) is 25.0 Å². The van der Waals surface area contributed by atoms with E-state index in [1.165, 1.54) is 25.2 Å². The smallest absolute Gasteiger partial charge is 0.271 e. The van der Waals surface area contributed by atoms with Gasteiger partial charge in [0.25, 0.3) is 5.91 Å². The molecule has 3 heterocycles. The van der Waals surface area contributed by atoms with Gasteiger partial charge in [0.2, 0.25) is 5.88 Å². The van der Waals surface area contributed by atoms with E-state index >= 15 is 0 Å². The van der Waals surface area contributed by atoms with E-state index in [2.05, 4.69) is 20.3 Å². The van der Waals surface area contributed by atoms with Gasteiger partial charge in [0, 0.05) is 19.0 Å². The number of amides is 1. The molecule has 2 aromatic rings. The number of pyridine rings is 1. The van der Waals surface area contributed by atoms with Crippen molar-refractivity contribution in [2.24, 2.45) is 5.92 Å². The predicted molar refractivity (Wildman–Crippen MR) is 93.7 cm³/mol. The highest BCUT2D eigenvalue weighted by Gasteiger charge is 2.29. The molecule has 1 aliphatic heterocycles. The first-order chi connectivity index (χ1) is 12.8. The topological polar surface area (TPSA) is 86.2 Å². The fourth-order valence-corrected chi connectivity index (χ4v) is 3.05. The molecule has 1 N–H and O–H groups in total. The van der Waals surface area contributed by atoms with E-state index in [1.54, 1.807) is 12.4 Å². The highest BCUT2D eigenvalue weighted by molar-refractivity contribution is 5.92. The fraction of sp³-hybridized carbons (Fsp3) is 0.474. The molecule has 4 rings (SSSR count). The molecule has 1 amide bonds.